The molecule has 0 aromatic heterocycles. The summed E-state index contributed by atoms with van der Waals surface area (Å²) in [6.45, 7) is 3.22. The van der Waals surface area contributed by atoms with E-state index < -0.39 is 12.0 Å². The van der Waals surface area contributed by atoms with Crippen LogP contribution in [0.2, 0.25) is 0 Å². The Morgan fingerprint density at radius 1 is 1.19 bits per heavy atom. The summed E-state index contributed by atoms with van der Waals surface area (Å²) < 4.78 is 5.46. The number of rotatable bonds is 3. The molecule has 1 fully saturated rings. The molecule has 0 aliphatic carbocycles. The first-order valence-electron chi connectivity index (χ1n) is 6.78. The Labute approximate surface area is 122 Å². The number of benzene rings is 1. The summed E-state index contributed by atoms with van der Waals surface area (Å²) in [5.41, 5.74) is 1.19. The maximum absolute atomic E-state index is 12.5. The van der Waals surface area contributed by atoms with Crippen molar-refractivity contribution in [2.24, 2.45) is 5.92 Å². The maximum atomic E-state index is 12.5. The van der Waals surface area contributed by atoms with Gasteiger partial charge in [0.1, 0.15) is 11.7 Å². The zero-order chi connectivity index (χ0) is 15.1. The lowest BCUT2D eigenvalue weighted by Gasteiger charge is -2.16. The molecular weight excluding hydrogens is 270 g/mol. The molecule has 2 aliphatic heterocycles. The highest BCUT2D eigenvalue weighted by molar-refractivity contribution is 6.13. The minimum absolute atomic E-state index is 0.207. The van der Waals surface area contributed by atoms with E-state index >= 15 is 0 Å². The van der Waals surface area contributed by atoms with Crippen molar-refractivity contribution in [3.8, 4) is 0 Å². The zero-order valence-corrected chi connectivity index (χ0v) is 11.8. The van der Waals surface area contributed by atoms with E-state index in [9.17, 15) is 14.4 Å². The number of imide groups is 1. The molecule has 0 bridgehead atoms. The van der Waals surface area contributed by atoms with Gasteiger partial charge in [-0.2, -0.15) is 0 Å². The molecule has 0 radical (unpaired) electrons. The molecule has 5 nitrogen and oxygen atoms in total. The SMILES string of the molecule is CC(=O)C1=C(C)O[C@@H]2C(=O)N(Cc3ccccc3)C(=O)[C@H]12. The Balaban J connectivity index is 1.89. The highest BCUT2D eigenvalue weighted by atomic mass is 16.5. The van der Waals surface area contributed by atoms with Gasteiger partial charge in [0, 0.05) is 5.57 Å². The molecule has 2 aliphatic rings. The van der Waals surface area contributed by atoms with Crippen LogP contribution in [0, 0.1) is 5.92 Å². The molecule has 0 unspecified atom stereocenters. The minimum Gasteiger partial charge on any atom is -0.484 e. The third kappa shape index (κ3) is 2.05. The van der Waals surface area contributed by atoms with Gasteiger partial charge in [-0.1, -0.05) is 30.3 Å². The first-order valence-corrected chi connectivity index (χ1v) is 6.78. The number of Topliss-reactive ketones (excluding diaryl/α,β-unsaturated/α-hetero) is 1. The van der Waals surface area contributed by atoms with Gasteiger partial charge in [0.15, 0.2) is 11.9 Å². The number of allylic oxidation sites excluding steroid dienone is 1. The Hall–Kier alpha value is -2.43. The summed E-state index contributed by atoms with van der Waals surface area (Å²) in [5.74, 6) is -1.33. The minimum atomic E-state index is -0.875. The number of carbonyl (C=O) groups is 3. The number of ether oxygens (including phenoxy) is 1. The van der Waals surface area contributed by atoms with E-state index in [-0.39, 0.29) is 24.1 Å². The largest absolute Gasteiger partial charge is 0.484 e. The summed E-state index contributed by atoms with van der Waals surface area (Å²) in [6, 6.07) is 9.27. The molecule has 108 valence electrons. The first-order chi connectivity index (χ1) is 10.0. The lowest BCUT2D eigenvalue weighted by atomic mass is 9.94. The number of fused-ring (bicyclic) bond motifs is 1. The predicted molar refractivity (Wildman–Crippen MR) is 73.7 cm³/mol. The number of carbonyl (C=O) groups excluding carboxylic acids is 3. The van der Waals surface area contributed by atoms with E-state index in [0.717, 1.165) is 5.56 Å². The average Bonchev–Trinajstić information content (AvgIpc) is 2.91. The van der Waals surface area contributed by atoms with Crippen LogP contribution in [0.25, 0.3) is 0 Å². The Morgan fingerprint density at radius 3 is 2.48 bits per heavy atom. The van der Waals surface area contributed by atoms with Crippen LogP contribution < -0.4 is 0 Å². The van der Waals surface area contributed by atoms with E-state index in [1.807, 2.05) is 30.3 Å². The molecule has 1 saturated heterocycles. The fourth-order valence-corrected chi connectivity index (χ4v) is 2.96. The van der Waals surface area contributed by atoms with Crippen LogP contribution in [-0.2, 0) is 25.7 Å². The van der Waals surface area contributed by atoms with E-state index in [1.165, 1.54) is 11.8 Å². The standard InChI is InChI=1S/C16H15NO4/c1-9(18)12-10(2)21-14-13(12)15(19)17(16(14)20)8-11-6-4-3-5-7-11/h3-7,13-14H,8H2,1-2H3/t13-,14+/m1/s1. The van der Waals surface area contributed by atoms with Gasteiger partial charge in [-0.25, -0.2) is 0 Å². The maximum Gasteiger partial charge on any atom is 0.271 e. The molecule has 0 N–H and O–H groups in total. The molecule has 21 heavy (non-hydrogen) atoms. The lowest BCUT2D eigenvalue weighted by molar-refractivity contribution is -0.142. The van der Waals surface area contributed by atoms with Crippen LogP contribution in [-0.4, -0.2) is 28.6 Å². The van der Waals surface area contributed by atoms with Crippen LogP contribution >= 0.6 is 0 Å². The van der Waals surface area contributed by atoms with Gasteiger partial charge in [-0.3, -0.25) is 19.3 Å². The summed E-state index contributed by atoms with van der Waals surface area (Å²) in [6.07, 6.45) is -0.875. The monoisotopic (exact) mass is 285 g/mol. The zero-order valence-electron chi connectivity index (χ0n) is 11.8. The van der Waals surface area contributed by atoms with Crippen molar-refractivity contribution >= 4 is 17.6 Å². The van der Waals surface area contributed by atoms with Crippen LogP contribution in [0.5, 0.6) is 0 Å². The second-order valence-corrected chi connectivity index (χ2v) is 5.29. The van der Waals surface area contributed by atoms with Crippen LogP contribution in [0.15, 0.2) is 41.7 Å². The fraction of sp³-hybridized carbons (Fsp3) is 0.312. The number of hydrogen-bond acceptors (Lipinski definition) is 4. The number of ketones is 1. The van der Waals surface area contributed by atoms with Crippen molar-refractivity contribution in [2.45, 2.75) is 26.5 Å². The highest BCUT2D eigenvalue weighted by Crippen LogP contribution is 2.39. The molecule has 3 rings (SSSR count). The Kier molecular flexibility index (Phi) is 3.12. The smallest absolute Gasteiger partial charge is 0.271 e. The molecule has 5 heteroatoms. The number of likely N-dealkylation sites (tertiary alicyclic amines) is 1. The van der Waals surface area contributed by atoms with E-state index in [1.54, 1.807) is 6.92 Å². The van der Waals surface area contributed by atoms with Crippen LogP contribution in [0.3, 0.4) is 0 Å². The second kappa shape index (κ2) is 4.84. The van der Waals surface area contributed by atoms with Crippen LogP contribution in [0.4, 0.5) is 0 Å². The number of nitrogens with zero attached hydrogens (tertiary/aromatic N) is 1. The molecule has 2 atom stereocenters. The van der Waals surface area contributed by atoms with Crippen molar-refractivity contribution in [1.29, 1.82) is 0 Å². The van der Waals surface area contributed by atoms with Gasteiger partial charge in [0.2, 0.25) is 5.91 Å². The van der Waals surface area contributed by atoms with Crippen LogP contribution in [0.1, 0.15) is 19.4 Å². The molecule has 2 amide bonds. The van der Waals surface area contributed by atoms with Crippen molar-refractivity contribution in [3.05, 3.63) is 47.2 Å². The molecule has 0 saturated carbocycles. The average molecular weight is 285 g/mol. The first kappa shape index (κ1) is 13.5. The molecular formula is C16H15NO4. The van der Waals surface area contributed by atoms with Gasteiger partial charge in [-0.05, 0) is 19.4 Å². The van der Waals surface area contributed by atoms with E-state index in [4.69, 9.17) is 4.74 Å². The third-order valence-corrected chi connectivity index (χ3v) is 3.90. The van der Waals surface area contributed by atoms with Crippen molar-refractivity contribution < 1.29 is 19.1 Å². The molecule has 1 aromatic carbocycles. The Morgan fingerprint density at radius 2 is 1.86 bits per heavy atom. The van der Waals surface area contributed by atoms with Crippen molar-refractivity contribution in [3.63, 3.8) is 0 Å². The predicted octanol–water partition coefficient (Wildman–Crippen LogP) is 1.43. The molecule has 0 spiro atoms. The third-order valence-electron chi connectivity index (χ3n) is 3.90. The summed E-state index contributed by atoms with van der Waals surface area (Å²) >= 11 is 0. The second-order valence-electron chi connectivity index (χ2n) is 5.29. The molecule has 2 heterocycles. The van der Waals surface area contributed by atoms with Gasteiger partial charge >= 0.3 is 0 Å². The quantitative estimate of drug-likeness (QED) is 0.788. The molecule has 1 aromatic rings. The summed E-state index contributed by atoms with van der Waals surface area (Å²) in [5, 5.41) is 0. The van der Waals surface area contributed by atoms with E-state index in [0.29, 0.717) is 11.3 Å². The van der Waals surface area contributed by atoms with Gasteiger partial charge in [0.25, 0.3) is 5.91 Å². The topological polar surface area (TPSA) is 63.7 Å². The number of hydrogen-bond donors (Lipinski definition) is 0. The Bertz CT molecular complexity index is 662. The van der Waals surface area contributed by atoms with Gasteiger partial charge < -0.3 is 4.74 Å². The normalized spacial score (nSPS) is 24.4. The van der Waals surface area contributed by atoms with Gasteiger partial charge in [-0.15, -0.1) is 0 Å². The van der Waals surface area contributed by atoms with E-state index in [2.05, 4.69) is 0 Å². The van der Waals surface area contributed by atoms with Crippen molar-refractivity contribution in [2.75, 3.05) is 0 Å². The summed E-state index contributed by atoms with van der Waals surface area (Å²) in [4.78, 5) is 37.7. The summed E-state index contributed by atoms with van der Waals surface area (Å²) in [7, 11) is 0. The van der Waals surface area contributed by atoms with Crippen molar-refractivity contribution in [1.82, 2.24) is 4.90 Å². The van der Waals surface area contributed by atoms with Gasteiger partial charge in [0.05, 0.1) is 6.54 Å². The lowest BCUT2D eigenvalue weighted by Crippen LogP contribution is -2.32. The highest BCUT2D eigenvalue weighted by Gasteiger charge is 2.55. The fourth-order valence-electron chi connectivity index (χ4n) is 2.96. The number of amides is 2.